The topological polar surface area (TPSA) is 75.7 Å². The minimum atomic E-state index is -0.420. The van der Waals surface area contributed by atoms with Gasteiger partial charge in [0.1, 0.15) is 4.32 Å². The van der Waals surface area contributed by atoms with Crippen LogP contribution in [0.3, 0.4) is 0 Å². The number of amides is 2. The number of nitrogens with one attached hydrogen (secondary N) is 1. The summed E-state index contributed by atoms with van der Waals surface area (Å²) in [4.78, 5) is 37.0. The molecule has 6 nitrogen and oxygen atoms in total. The zero-order chi connectivity index (χ0) is 18.2. The van der Waals surface area contributed by atoms with Gasteiger partial charge in [-0.15, -0.1) is 0 Å². The molecule has 0 spiro atoms. The molecule has 1 aromatic rings. The summed E-state index contributed by atoms with van der Waals surface area (Å²) in [5.41, 5.74) is 0.869. The third kappa shape index (κ3) is 5.54. The van der Waals surface area contributed by atoms with E-state index >= 15 is 0 Å². The summed E-state index contributed by atoms with van der Waals surface area (Å²) in [5.74, 6) is -0.907. The third-order valence-electron chi connectivity index (χ3n) is 3.74. The van der Waals surface area contributed by atoms with Gasteiger partial charge in [-0.25, -0.2) is 0 Å². The van der Waals surface area contributed by atoms with Crippen LogP contribution in [0.2, 0.25) is 0 Å². The molecule has 1 aliphatic rings. The van der Waals surface area contributed by atoms with Crippen molar-refractivity contribution in [2.24, 2.45) is 0 Å². The van der Waals surface area contributed by atoms with Crippen molar-refractivity contribution in [2.75, 3.05) is 25.4 Å². The Morgan fingerprint density at radius 2 is 2.08 bits per heavy atom. The molecule has 1 atom stereocenters. The van der Waals surface area contributed by atoms with E-state index < -0.39 is 11.9 Å². The summed E-state index contributed by atoms with van der Waals surface area (Å²) in [7, 11) is 0. The van der Waals surface area contributed by atoms with Crippen molar-refractivity contribution in [1.82, 2.24) is 10.2 Å². The highest BCUT2D eigenvalue weighted by atomic mass is 32.2. The number of hydrogen-bond donors (Lipinski definition) is 1. The van der Waals surface area contributed by atoms with Crippen LogP contribution >= 0.6 is 24.0 Å². The molecule has 0 unspecified atom stereocenters. The summed E-state index contributed by atoms with van der Waals surface area (Å²) in [6.07, 6.45) is 0.594. The molecule has 0 bridgehead atoms. The number of carbonyl (C=O) groups excluding carboxylic acids is 3. The fourth-order valence-corrected chi connectivity index (χ4v) is 3.54. The van der Waals surface area contributed by atoms with Crippen LogP contribution < -0.4 is 5.32 Å². The second-order valence-corrected chi connectivity index (χ2v) is 7.04. The van der Waals surface area contributed by atoms with Gasteiger partial charge in [-0.05, 0) is 12.0 Å². The molecule has 1 fully saturated rings. The number of carbonyl (C=O) groups is 3. The molecule has 134 valence electrons. The molecule has 1 saturated heterocycles. The predicted molar refractivity (Wildman–Crippen MR) is 100 cm³/mol. The fourth-order valence-electron chi connectivity index (χ4n) is 2.42. The summed E-state index contributed by atoms with van der Waals surface area (Å²) in [5, 5.41) is 2.62. The van der Waals surface area contributed by atoms with Gasteiger partial charge in [-0.2, -0.15) is 0 Å². The smallest absolute Gasteiger partial charge is 0.313 e. The Bertz CT molecular complexity index is 635. The van der Waals surface area contributed by atoms with Gasteiger partial charge in [-0.1, -0.05) is 61.2 Å². The quantitative estimate of drug-likeness (QED) is 0.547. The SMILES string of the molecule is CC[C@H](C(=O)OCC(=O)NCCN1C(=O)CSC1=S)c1ccccc1. The van der Waals surface area contributed by atoms with E-state index in [0.717, 1.165) is 5.56 Å². The molecule has 1 N–H and O–H groups in total. The lowest BCUT2D eigenvalue weighted by Crippen LogP contribution is -2.39. The van der Waals surface area contributed by atoms with Gasteiger partial charge in [0.2, 0.25) is 5.91 Å². The van der Waals surface area contributed by atoms with Crippen LogP contribution in [0.25, 0.3) is 0 Å². The van der Waals surface area contributed by atoms with Crippen molar-refractivity contribution in [3.63, 3.8) is 0 Å². The Morgan fingerprint density at radius 1 is 1.36 bits per heavy atom. The molecule has 1 heterocycles. The number of esters is 1. The lowest BCUT2D eigenvalue weighted by molar-refractivity contribution is -0.150. The van der Waals surface area contributed by atoms with Crippen molar-refractivity contribution in [3.05, 3.63) is 35.9 Å². The average Bonchev–Trinajstić information content (AvgIpc) is 2.93. The van der Waals surface area contributed by atoms with Crippen LogP contribution in [0.1, 0.15) is 24.8 Å². The predicted octanol–water partition coefficient (Wildman–Crippen LogP) is 1.70. The minimum absolute atomic E-state index is 0.0516. The monoisotopic (exact) mass is 380 g/mol. The van der Waals surface area contributed by atoms with Crippen LogP contribution in [0.4, 0.5) is 0 Å². The van der Waals surface area contributed by atoms with Crippen molar-refractivity contribution < 1.29 is 19.1 Å². The van der Waals surface area contributed by atoms with Crippen LogP contribution in [0.5, 0.6) is 0 Å². The van der Waals surface area contributed by atoms with Crippen LogP contribution in [-0.4, -0.2) is 52.5 Å². The average molecular weight is 380 g/mol. The first-order valence-electron chi connectivity index (χ1n) is 7.98. The number of benzene rings is 1. The number of hydrogen-bond acceptors (Lipinski definition) is 6. The second-order valence-electron chi connectivity index (χ2n) is 5.43. The van der Waals surface area contributed by atoms with Gasteiger partial charge in [0.15, 0.2) is 6.61 Å². The van der Waals surface area contributed by atoms with Crippen molar-refractivity contribution in [3.8, 4) is 0 Å². The zero-order valence-corrected chi connectivity index (χ0v) is 15.5. The van der Waals surface area contributed by atoms with Crippen molar-refractivity contribution in [1.29, 1.82) is 0 Å². The molecular formula is C17H20N2O4S2. The highest BCUT2D eigenvalue weighted by Crippen LogP contribution is 2.20. The lowest BCUT2D eigenvalue weighted by atomic mass is 9.97. The largest absolute Gasteiger partial charge is 0.455 e. The summed E-state index contributed by atoms with van der Waals surface area (Å²) in [6, 6.07) is 9.33. The molecule has 0 radical (unpaired) electrons. The maximum absolute atomic E-state index is 12.2. The van der Waals surface area contributed by atoms with Crippen LogP contribution in [-0.2, 0) is 19.1 Å². The van der Waals surface area contributed by atoms with Crippen molar-refractivity contribution >= 4 is 46.1 Å². The van der Waals surface area contributed by atoms with Gasteiger partial charge >= 0.3 is 5.97 Å². The molecule has 2 amide bonds. The Balaban J connectivity index is 1.73. The van der Waals surface area contributed by atoms with E-state index in [1.807, 2.05) is 37.3 Å². The van der Waals surface area contributed by atoms with Gasteiger partial charge in [0, 0.05) is 13.1 Å². The summed E-state index contributed by atoms with van der Waals surface area (Å²) < 4.78 is 5.64. The number of nitrogens with zero attached hydrogens (tertiary/aromatic N) is 1. The lowest BCUT2D eigenvalue weighted by Gasteiger charge is -2.16. The van der Waals surface area contributed by atoms with Gasteiger partial charge in [-0.3, -0.25) is 19.3 Å². The molecular weight excluding hydrogens is 360 g/mol. The Kier molecular flexibility index (Phi) is 7.39. The summed E-state index contributed by atoms with van der Waals surface area (Å²) >= 11 is 6.37. The van der Waals surface area contributed by atoms with E-state index in [-0.39, 0.29) is 25.0 Å². The first kappa shape index (κ1) is 19.4. The van der Waals surface area contributed by atoms with E-state index in [0.29, 0.717) is 23.0 Å². The van der Waals surface area contributed by atoms with Crippen LogP contribution in [0.15, 0.2) is 30.3 Å². The Morgan fingerprint density at radius 3 is 2.68 bits per heavy atom. The third-order valence-corrected chi connectivity index (χ3v) is 5.17. The highest BCUT2D eigenvalue weighted by molar-refractivity contribution is 8.23. The summed E-state index contributed by atoms with van der Waals surface area (Å²) in [6.45, 7) is 2.15. The van der Waals surface area contributed by atoms with E-state index in [1.165, 1.54) is 16.7 Å². The van der Waals surface area contributed by atoms with E-state index in [1.54, 1.807) is 0 Å². The molecule has 1 aliphatic heterocycles. The Labute approximate surface area is 156 Å². The second kappa shape index (κ2) is 9.53. The van der Waals surface area contributed by atoms with Gasteiger partial charge in [0.25, 0.3) is 5.91 Å². The number of ether oxygens (including phenoxy) is 1. The molecule has 0 aromatic heterocycles. The number of thiocarbonyl (C=S) groups is 1. The highest BCUT2D eigenvalue weighted by Gasteiger charge is 2.26. The number of rotatable bonds is 8. The normalized spacial score (nSPS) is 15.2. The van der Waals surface area contributed by atoms with Crippen LogP contribution in [0, 0.1) is 0 Å². The zero-order valence-electron chi connectivity index (χ0n) is 13.9. The van der Waals surface area contributed by atoms with Crippen molar-refractivity contribution in [2.45, 2.75) is 19.3 Å². The van der Waals surface area contributed by atoms with Gasteiger partial charge in [0.05, 0.1) is 11.7 Å². The molecule has 1 aromatic carbocycles. The van der Waals surface area contributed by atoms with E-state index in [2.05, 4.69) is 5.32 Å². The fraction of sp³-hybridized carbons (Fsp3) is 0.412. The van der Waals surface area contributed by atoms with E-state index in [4.69, 9.17) is 17.0 Å². The maximum Gasteiger partial charge on any atom is 0.313 e. The maximum atomic E-state index is 12.2. The molecule has 0 aliphatic carbocycles. The van der Waals surface area contributed by atoms with E-state index in [9.17, 15) is 14.4 Å². The first-order valence-corrected chi connectivity index (χ1v) is 9.37. The first-order chi connectivity index (χ1) is 12.0. The minimum Gasteiger partial charge on any atom is -0.455 e. The molecule has 0 saturated carbocycles. The molecule has 25 heavy (non-hydrogen) atoms. The molecule has 2 rings (SSSR count). The Hall–Kier alpha value is -1.93. The standard InChI is InChI=1S/C17H20N2O4S2/c1-2-13(12-6-4-3-5-7-12)16(22)23-10-14(20)18-8-9-19-15(21)11-25-17(19)24/h3-7,13H,2,8-11H2,1H3,(H,18,20)/t13-/m0/s1. The molecule has 8 heteroatoms. The number of thioether (sulfide) groups is 1. The van der Waals surface area contributed by atoms with Gasteiger partial charge < -0.3 is 10.1 Å².